The summed E-state index contributed by atoms with van der Waals surface area (Å²) in [6, 6.07) is 7.17. The first kappa shape index (κ1) is 10.7. The Morgan fingerprint density at radius 1 is 1.22 bits per heavy atom. The first-order valence-corrected chi connectivity index (χ1v) is 5.52. The summed E-state index contributed by atoms with van der Waals surface area (Å²) < 4.78 is 1.77. The molecule has 0 atom stereocenters. The molecule has 0 radical (unpaired) electrons. The molecule has 3 rings (SSSR count). The van der Waals surface area contributed by atoms with Crippen molar-refractivity contribution in [3.8, 4) is 17.6 Å². The Hall–Kier alpha value is -2.45. The number of halogens is 1. The summed E-state index contributed by atoms with van der Waals surface area (Å²) in [6.45, 7) is 0. The number of pyridine rings is 1. The number of hydrogen-bond acceptors (Lipinski definition) is 4. The van der Waals surface area contributed by atoms with Gasteiger partial charge >= 0.3 is 0 Å². The van der Waals surface area contributed by atoms with Crippen molar-refractivity contribution in [1.29, 1.82) is 5.26 Å². The second kappa shape index (κ2) is 4.09. The molecule has 0 saturated heterocycles. The van der Waals surface area contributed by atoms with Crippen LogP contribution in [0.1, 0.15) is 5.56 Å². The SMILES string of the molecule is N#Cc1ccc2ncc(-c3nccc(Cl)n3)n2c1. The van der Waals surface area contributed by atoms with Crippen molar-refractivity contribution >= 4 is 17.2 Å². The zero-order chi connectivity index (χ0) is 12.5. The second-order valence-electron chi connectivity index (χ2n) is 3.60. The van der Waals surface area contributed by atoms with Crippen LogP contribution in [0.3, 0.4) is 0 Å². The maximum Gasteiger partial charge on any atom is 0.179 e. The minimum absolute atomic E-state index is 0.367. The standard InChI is InChI=1S/C12H6ClN5/c13-10-3-4-15-12(17-10)9-6-16-11-2-1-8(5-14)7-18(9)11/h1-4,6-7H. The van der Waals surface area contributed by atoms with Crippen molar-refractivity contribution in [3.63, 3.8) is 0 Å². The zero-order valence-corrected chi connectivity index (χ0v) is 9.83. The van der Waals surface area contributed by atoms with Gasteiger partial charge in [0.15, 0.2) is 5.82 Å². The van der Waals surface area contributed by atoms with Gasteiger partial charge in [-0.3, -0.25) is 4.40 Å². The summed E-state index contributed by atoms with van der Waals surface area (Å²) in [7, 11) is 0. The molecule has 0 amide bonds. The van der Waals surface area contributed by atoms with E-state index in [2.05, 4.69) is 21.0 Å². The van der Waals surface area contributed by atoms with Crippen LogP contribution < -0.4 is 0 Å². The van der Waals surface area contributed by atoms with Crippen molar-refractivity contribution in [2.24, 2.45) is 0 Å². The van der Waals surface area contributed by atoms with E-state index in [0.717, 1.165) is 5.65 Å². The van der Waals surface area contributed by atoms with E-state index < -0.39 is 0 Å². The van der Waals surface area contributed by atoms with Gasteiger partial charge in [0.05, 0.1) is 11.8 Å². The van der Waals surface area contributed by atoms with Crippen molar-refractivity contribution < 1.29 is 0 Å². The monoisotopic (exact) mass is 255 g/mol. The van der Waals surface area contributed by atoms with Gasteiger partial charge in [-0.2, -0.15) is 5.26 Å². The molecule has 0 N–H and O–H groups in total. The van der Waals surface area contributed by atoms with Crippen LogP contribution in [-0.4, -0.2) is 19.4 Å². The number of fused-ring (bicyclic) bond motifs is 1. The topological polar surface area (TPSA) is 66.9 Å². The molecule has 6 heteroatoms. The van der Waals surface area contributed by atoms with Gasteiger partial charge in [0.2, 0.25) is 0 Å². The molecule has 0 bridgehead atoms. The van der Waals surface area contributed by atoms with Gasteiger partial charge in [-0.25, -0.2) is 15.0 Å². The van der Waals surface area contributed by atoms with E-state index in [9.17, 15) is 0 Å². The summed E-state index contributed by atoms with van der Waals surface area (Å²) in [5.74, 6) is 0.477. The fraction of sp³-hybridized carbons (Fsp3) is 0. The number of rotatable bonds is 1. The molecule has 5 nitrogen and oxygen atoms in total. The number of aromatic nitrogens is 4. The van der Waals surface area contributed by atoms with Gasteiger partial charge in [-0.15, -0.1) is 0 Å². The summed E-state index contributed by atoms with van der Waals surface area (Å²) in [4.78, 5) is 12.5. The third-order valence-corrected chi connectivity index (χ3v) is 2.70. The maximum atomic E-state index is 8.90. The molecule has 0 unspecified atom stereocenters. The second-order valence-corrected chi connectivity index (χ2v) is 3.99. The molecular weight excluding hydrogens is 250 g/mol. The summed E-state index contributed by atoms with van der Waals surface area (Å²) in [6.07, 6.45) is 4.93. The molecule has 0 aliphatic carbocycles. The average Bonchev–Trinajstić information content (AvgIpc) is 2.81. The Balaban J connectivity index is 2.27. The Morgan fingerprint density at radius 2 is 2.11 bits per heavy atom. The van der Waals surface area contributed by atoms with E-state index in [1.54, 1.807) is 41.2 Å². The first-order valence-electron chi connectivity index (χ1n) is 5.14. The highest BCUT2D eigenvalue weighted by Gasteiger charge is 2.09. The van der Waals surface area contributed by atoms with Crippen LogP contribution in [0.15, 0.2) is 36.8 Å². The largest absolute Gasteiger partial charge is 0.296 e. The molecule has 86 valence electrons. The van der Waals surface area contributed by atoms with Crippen molar-refractivity contribution in [1.82, 2.24) is 19.4 Å². The Labute approximate surface area is 107 Å². The zero-order valence-electron chi connectivity index (χ0n) is 9.08. The highest BCUT2D eigenvalue weighted by molar-refractivity contribution is 6.29. The van der Waals surface area contributed by atoms with Gasteiger partial charge in [0.25, 0.3) is 0 Å². The predicted octanol–water partition coefficient (Wildman–Crippen LogP) is 2.32. The van der Waals surface area contributed by atoms with Crippen LogP contribution in [0.5, 0.6) is 0 Å². The molecule has 18 heavy (non-hydrogen) atoms. The third kappa shape index (κ3) is 1.69. The number of nitriles is 1. The van der Waals surface area contributed by atoms with Crippen LogP contribution >= 0.6 is 11.6 Å². The molecule has 3 aromatic rings. The minimum Gasteiger partial charge on any atom is -0.296 e. The molecule has 0 aromatic carbocycles. The molecule has 3 aromatic heterocycles. The minimum atomic E-state index is 0.367. The van der Waals surface area contributed by atoms with Gasteiger partial charge in [0, 0.05) is 12.4 Å². The van der Waals surface area contributed by atoms with E-state index in [0.29, 0.717) is 22.2 Å². The average molecular weight is 256 g/mol. The van der Waals surface area contributed by atoms with Gasteiger partial charge in [0.1, 0.15) is 22.6 Å². The lowest BCUT2D eigenvalue weighted by Gasteiger charge is -2.00. The molecule has 0 fully saturated rings. The van der Waals surface area contributed by atoms with E-state index in [4.69, 9.17) is 16.9 Å². The Bertz CT molecular complexity index is 771. The van der Waals surface area contributed by atoms with Gasteiger partial charge < -0.3 is 0 Å². The van der Waals surface area contributed by atoms with Crippen LogP contribution in [-0.2, 0) is 0 Å². The van der Waals surface area contributed by atoms with Gasteiger partial charge in [-0.1, -0.05) is 11.6 Å². The lowest BCUT2D eigenvalue weighted by atomic mass is 10.3. The van der Waals surface area contributed by atoms with Crippen molar-refractivity contribution in [3.05, 3.63) is 47.5 Å². The quantitative estimate of drug-likeness (QED) is 0.626. The molecule has 0 aliphatic rings. The summed E-state index contributed by atoms with van der Waals surface area (Å²) in [5.41, 5.74) is 1.97. The van der Waals surface area contributed by atoms with Crippen LogP contribution in [0.2, 0.25) is 5.15 Å². The van der Waals surface area contributed by atoms with Crippen molar-refractivity contribution in [2.75, 3.05) is 0 Å². The lowest BCUT2D eigenvalue weighted by molar-refractivity contribution is 1.10. The molecular formula is C12H6ClN5. The van der Waals surface area contributed by atoms with E-state index in [-0.39, 0.29) is 0 Å². The Kier molecular flexibility index (Phi) is 2.43. The van der Waals surface area contributed by atoms with Crippen LogP contribution in [0.25, 0.3) is 17.2 Å². The van der Waals surface area contributed by atoms with Crippen LogP contribution in [0, 0.1) is 11.3 Å². The van der Waals surface area contributed by atoms with Crippen LogP contribution in [0.4, 0.5) is 0 Å². The van der Waals surface area contributed by atoms with E-state index in [1.807, 2.05) is 0 Å². The smallest absolute Gasteiger partial charge is 0.179 e. The summed E-state index contributed by atoms with van der Waals surface area (Å²) in [5, 5.41) is 9.27. The van der Waals surface area contributed by atoms with E-state index >= 15 is 0 Å². The molecule has 0 spiro atoms. The van der Waals surface area contributed by atoms with Crippen molar-refractivity contribution in [2.45, 2.75) is 0 Å². The molecule has 3 heterocycles. The normalized spacial score (nSPS) is 10.4. The highest BCUT2D eigenvalue weighted by Crippen LogP contribution is 2.18. The lowest BCUT2D eigenvalue weighted by Crippen LogP contribution is -1.94. The fourth-order valence-electron chi connectivity index (χ4n) is 1.67. The molecule has 0 saturated carbocycles. The predicted molar refractivity (Wildman–Crippen MR) is 65.9 cm³/mol. The van der Waals surface area contributed by atoms with E-state index in [1.165, 1.54) is 0 Å². The Morgan fingerprint density at radius 3 is 2.89 bits per heavy atom. The molecule has 0 aliphatic heterocycles. The first-order chi connectivity index (χ1) is 8.78. The fourth-order valence-corrected chi connectivity index (χ4v) is 1.81. The number of hydrogen-bond donors (Lipinski definition) is 0. The summed E-state index contributed by atoms with van der Waals surface area (Å²) >= 11 is 5.84. The number of nitrogens with zero attached hydrogens (tertiary/aromatic N) is 5. The van der Waals surface area contributed by atoms with Gasteiger partial charge in [-0.05, 0) is 18.2 Å². The third-order valence-electron chi connectivity index (χ3n) is 2.49. The maximum absolute atomic E-state index is 8.90. The highest BCUT2D eigenvalue weighted by atomic mass is 35.5. The number of imidazole rings is 1.